The molecular formula is C21H19ClFN3O3. The molecule has 1 aromatic heterocycles. The lowest BCUT2D eigenvalue weighted by atomic mass is 10.1. The van der Waals surface area contributed by atoms with E-state index in [2.05, 4.69) is 10.1 Å². The van der Waals surface area contributed by atoms with Crippen LogP contribution in [0.25, 0.3) is 0 Å². The highest BCUT2D eigenvalue weighted by molar-refractivity contribution is 6.31. The largest absolute Gasteiger partial charge is 0.497 e. The second-order valence-electron chi connectivity index (χ2n) is 6.90. The van der Waals surface area contributed by atoms with Gasteiger partial charge in [0.05, 0.1) is 12.1 Å². The number of anilines is 1. The van der Waals surface area contributed by atoms with E-state index in [1.165, 1.54) is 18.2 Å². The standard InChI is InChI=1S/C21H19ClFN3O3/c1-28-16-6-2-13(3-7-16)4-9-19-24-21(25-29-19)14-10-20(27)26(12-14)15-5-8-18(23)17(22)11-15/h2-3,5-8,11,14H,4,9-10,12H2,1H3. The van der Waals surface area contributed by atoms with Crippen molar-refractivity contribution in [2.75, 3.05) is 18.6 Å². The van der Waals surface area contributed by atoms with Gasteiger partial charge < -0.3 is 14.2 Å². The predicted molar refractivity (Wildman–Crippen MR) is 106 cm³/mol. The SMILES string of the molecule is COc1ccc(CCc2nc(C3CC(=O)N(c4ccc(F)c(Cl)c4)C3)no2)cc1. The maximum atomic E-state index is 13.4. The molecule has 1 atom stereocenters. The highest BCUT2D eigenvalue weighted by atomic mass is 35.5. The first kappa shape index (κ1) is 19.4. The van der Waals surface area contributed by atoms with E-state index in [-0.39, 0.29) is 23.3 Å². The molecule has 0 N–H and O–H groups in total. The summed E-state index contributed by atoms with van der Waals surface area (Å²) in [5.41, 5.74) is 1.70. The average molecular weight is 416 g/mol. The van der Waals surface area contributed by atoms with E-state index in [0.29, 0.717) is 30.4 Å². The fourth-order valence-corrected chi connectivity index (χ4v) is 3.54. The van der Waals surface area contributed by atoms with Crippen molar-refractivity contribution in [1.29, 1.82) is 0 Å². The fourth-order valence-electron chi connectivity index (χ4n) is 3.36. The number of amides is 1. The Bertz CT molecular complexity index is 1020. The molecule has 1 aliphatic rings. The van der Waals surface area contributed by atoms with Crippen LogP contribution in [-0.4, -0.2) is 29.7 Å². The Morgan fingerprint density at radius 2 is 2.03 bits per heavy atom. The van der Waals surface area contributed by atoms with E-state index in [1.807, 2.05) is 24.3 Å². The summed E-state index contributed by atoms with van der Waals surface area (Å²) in [5, 5.41) is 4.05. The number of hydrogen-bond acceptors (Lipinski definition) is 5. The number of benzene rings is 2. The molecule has 0 spiro atoms. The quantitative estimate of drug-likeness (QED) is 0.604. The third-order valence-electron chi connectivity index (χ3n) is 4.98. The summed E-state index contributed by atoms with van der Waals surface area (Å²) in [4.78, 5) is 18.5. The number of nitrogens with zero attached hydrogens (tertiary/aromatic N) is 3. The number of carbonyl (C=O) groups is 1. The number of hydrogen-bond donors (Lipinski definition) is 0. The van der Waals surface area contributed by atoms with Gasteiger partial charge >= 0.3 is 0 Å². The van der Waals surface area contributed by atoms with Gasteiger partial charge in [0.15, 0.2) is 5.82 Å². The first-order chi connectivity index (χ1) is 14.0. The summed E-state index contributed by atoms with van der Waals surface area (Å²) < 4.78 is 23.9. The Labute approximate surface area is 172 Å². The number of halogens is 2. The molecule has 29 heavy (non-hydrogen) atoms. The first-order valence-electron chi connectivity index (χ1n) is 9.24. The molecule has 2 heterocycles. The third-order valence-corrected chi connectivity index (χ3v) is 5.27. The van der Waals surface area contributed by atoms with Gasteiger partial charge in [0.1, 0.15) is 11.6 Å². The molecule has 3 aromatic rings. The van der Waals surface area contributed by atoms with Crippen LogP contribution in [0.5, 0.6) is 5.75 Å². The van der Waals surface area contributed by atoms with Gasteiger partial charge in [-0.15, -0.1) is 0 Å². The fraction of sp³-hybridized carbons (Fsp3) is 0.286. The van der Waals surface area contributed by atoms with E-state index in [0.717, 1.165) is 17.7 Å². The van der Waals surface area contributed by atoms with Crippen molar-refractivity contribution in [2.45, 2.75) is 25.2 Å². The average Bonchev–Trinajstić information content (AvgIpc) is 3.35. The lowest BCUT2D eigenvalue weighted by Gasteiger charge is -2.16. The molecule has 8 heteroatoms. The van der Waals surface area contributed by atoms with Crippen LogP contribution in [0.1, 0.15) is 29.6 Å². The van der Waals surface area contributed by atoms with E-state index >= 15 is 0 Å². The predicted octanol–water partition coefficient (Wildman–Crippen LogP) is 4.18. The topological polar surface area (TPSA) is 68.5 Å². The Morgan fingerprint density at radius 3 is 2.76 bits per heavy atom. The van der Waals surface area contributed by atoms with Crippen molar-refractivity contribution in [1.82, 2.24) is 10.1 Å². The van der Waals surface area contributed by atoms with Crippen molar-refractivity contribution >= 4 is 23.2 Å². The normalized spacial score (nSPS) is 16.4. The van der Waals surface area contributed by atoms with Crippen LogP contribution in [-0.2, 0) is 17.6 Å². The highest BCUT2D eigenvalue weighted by Gasteiger charge is 2.34. The summed E-state index contributed by atoms with van der Waals surface area (Å²) in [5.74, 6) is 1.09. The maximum absolute atomic E-state index is 13.4. The molecule has 1 unspecified atom stereocenters. The minimum atomic E-state index is -0.515. The third kappa shape index (κ3) is 4.24. The van der Waals surface area contributed by atoms with Crippen LogP contribution in [0.4, 0.5) is 10.1 Å². The zero-order chi connectivity index (χ0) is 20.4. The summed E-state index contributed by atoms with van der Waals surface area (Å²) in [7, 11) is 1.63. The van der Waals surface area contributed by atoms with Gasteiger partial charge in [0.25, 0.3) is 0 Å². The zero-order valence-corrected chi connectivity index (χ0v) is 16.5. The lowest BCUT2D eigenvalue weighted by Crippen LogP contribution is -2.24. The molecule has 1 aliphatic heterocycles. The summed E-state index contributed by atoms with van der Waals surface area (Å²) in [6.45, 7) is 0.401. The van der Waals surface area contributed by atoms with Gasteiger partial charge in [-0.1, -0.05) is 28.9 Å². The molecule has 6 nitrogen and oxygen atoms in total. The monoisotopic (exact) mass is 415 g/mol. The summed E-state index contributed by atoms with van der Waals surface area (Å²) >= 11 is 5.84. The molecule has 2 aromatic carbocycles. The van der Waals surface area contributed by atoms with Gasteiger partial charge in [0.2, 0.25) is 11.8 Å². The minimum Gasteiger partial charge on any atom is -0.497 e. The van der Waals surface area contributed by atoms with Crippen LogP contribution in [0.3, 0.4) is 0 Å². The van der Waals surface area contributed by atoms with Crippen LogP contribution in [0.2, 0.25) is 5.02 Å². The van der Waals surface area contributed by atoms with E-state index in [1.54, 1.807) is 12.0 Å². The highest BCUT2D eigenvalue weighted by Crippen LogP contribution is 2.32. The lowest BCUT2D eigenvalue weighted by molar-refractivity contribution is -0.117. The number of aromatic nitrogens is 2. The Kier molecular flexibility index (Phi) is 5.49. The number of ether oxygens (including phenoxy) is 1. The molecule has 150 valence electrons. The van der Waals surface area contributed by atoms with Crippen molar-refractivity contribution in [3.63, 3.8) is 0 Å². The molecule has 4 rings (SSSR count). The van der Waals surface area contributed by atoms with Crippen LogP contribution >= 0.6 is 11.6 Å². The Balaban J connectivity index is 1.40. The Hall–Kier alpha value is -2.93. The van der Waals surface area contributed by atoms with Gasteiger partial charge in [-0.05, 0) is 42.3 Å². The van der Waals surface area contributed by atoms with Crippen LogP contribution < -0.4 is 9.64 Å². The zero-order valence-electron chi connectivity index (χ0n) is 15.8. The van der Waals surface area contributed by atoms with Crippen molar-refractivity contribution in [2.24, 2.45) is 0 Å². The smallest absolute Gasteiger partial charge is 0.227 e. The van der Waals surface area contributed by atoms with Gasteiger partial charge in [0, 0.05) is 31.0 Å². The van der Waals surface area contributed by atoms with Gasteiger partial charge in [-0.25, -0.2) is 4.39 Å². The van der Waals surface area contributed by atoms with E-state index < -0.39 is 5.82 Å². The molecular weight excluding hydrogens is 397 g/mol. The van der Waals surface area contributed by atoms with E-state index in [4.69, 9.17) is 20.9 Å². The molecule has 1 fully saturated rings. The van der Waals surface area contributed by atoms with Gasteiger partial charge in [-0.2, -0.15) is 4.98 Å². The molecule has 0 saturated carbocycles. The second-order valence-corrected chi connectivity index (χ2v) is 7.31. The first-order valence-corrected chi connectivity index (χ1v) is 9.62. The van der Waals surface area contributed by atoms with Crippen LogP contribution in [0, 0.1) is 5.82 Å². The number of carbonyl (C=O) groups excluding carboxylic acids is 1. The Morgan fingerprint density at radius 1 is 1.24 bits per heavy atom. The summed E-state index contributed by atoms with van der Waals surface area (Å²) in [6, 6.07) is 12.1. The second kappa shape index (κ2) is 8.21. The minimum absolute atomic E-state index is 0.0147. The van der Waals surface area contributed by atoms with Crippen LogP contribution in [0.15, 0.2) is 47.0 Å². The molecule has 1 saturated heterocycles. The molecule has 0 bridgehead atoms. The van der Waals surface area contributed by atoms with Crippen molar-refractivity contribution in [3.05, 3.63) is 70.6 Å². The van der Waals surface area contributed by atoms with Crippen molar-refractivity contribution in [3.8, 4) is 5.75 Å². The number of methoxy groups -OCH3 is 1. The molecule has 0 aliphatic carbocycles. The van der Waals surface area contributed by atoms with Gasteiger partial charge in [-0.3, -0.25) is 4.79 Å². The van der Waals surface area contributed by atoms with Crippen molar-refractivity contribution < 1.29 is 18.4 Å². The number of aryl methyl sites for hydroxylation is 2. The summed E-state index contributed by atoms with van der Waals surface area (Å²) in [6.07, 6.45) is 1.64. The van der Waals surface area contributed by atoms with E-state index in [9.17, 15) is 9.18 Å². The molecule has 0 radical (unpaired) electrons. The molecule has 1 amide bonds. The number of rotatable bonds is 6. The maximum Gasteiger partial charge on any atom is 0.227 e.